The standard InChI is InChI=1S/C14H22N4O2/c1-2-17(12-5-3-4-6-12)10-11-7-8-13(16-15)14(9-11)18(19)20/h7-9,12,16H,2-6,10,15H2,1H3. The van der Waals surface area contributed by atoms with E-state index < -0.39 is 4.92 Å². The van der Waals surface area contributed by atoms with Crippen LogP contribution in [0.3, 0.4) is 0 Å². The average Bonchev–Trinajstić information content (AvgIpc) is 2.98. The number of nitrogens with two attached hydrogens (primary N) is 1. The van der Waals surface area contributed by atoms with Gasteiger partial charge in [0.25, 0.3) is 5.69 Å². The molecule has 1 fully saturated rings. The van der Waals surface area contributed by atoms with Gasteiger partial charge in [0.2, 0.25) is 0 Å². The van der Waals surface area contributed by atoms with Gasteiger partial charge in [0.1, 0.15) is 5.69 Å². The van der Waals surface area contributed by atoms with E-state index in [4.69, 9.17) is 5.84 Å². The minimum atomic E-state index is -0.398. The molecule has 1 aliphatic rings. The summed E-state index contributed by atoms with van der Waals surface area (Å²) < 4.78 is 0. The minimum absolute atomic E-state index is 0.0347. The van der Waals surface area contributed by atoms with Crippen LogP contribution in [-0.4, -0.2) is 22.4 Å². The molecule has 0 amide bonds. The number of nitro groups is 1. The molecule has 0 atom stereocenters. The summed E-state index contributed by atoms with van der Waals surface area (Å²) in [6, 6.07) is 5.81. The molecule has 3 N–H and O–H groups in total. The number of hydrogen-bond acceptors (Lipinski definition) is 5. The molecule has 1 saturated carbocycles. The van der Waals surface area contributed by atoms with Crippen molar-refractivity contribution in [1.29, 1.82) is 0 Å². The molecular weight excluding hydrogens is 256 g/mol. The molecule has 0 aromatic heterocycles. The van der Waals surface area contributed by atoms with E-state index in [0.29, 0.717) is 11.7 Å². The van der Waals surface area contributed by atoms with Crippen molar-refractivity contribution >= 4 is 11.4 Å². The summed E-state index contributed by atoms with van der Waals surface area (Å²) in [6.07, 6.45) is 5.05. The van der Waals surface area contributed by atoms with Gasteiger partial charge >= 0.3 is 0 Å². The Hall–Kier alpha value is -1.66. The van der Waals surface area contributed by atoms with Gasteiger partial charge in [-0.3, -0.25) is 20.9 Å². The molecule has 0 aliphatic heterocycles. The van der Waals surface area contributed by atoms with Gasteiger partial charge < -0.3 is 5.43 Å². The third kappa shape index (κ3) is 3.26. The molecule has 0 heterocycles. The molecule has 6 nitrogen and oxygen atoms in total. The first kappa shape index (κ1) is 14.7. The Morgan fingerprint density at radius 3 is 2.70 bits per heavy atom. The Morgan fingerprint density at radius 1 is 1.45 bits per heavy atom. The van der Waals surface area contributed by atoms with Crippen LogP contribution in [0.4, 0.5) is 11.4 Å². The first-order valence-corrected chi connectivity index (χ1v) is 7.13. The summed E-state index contributed by atoms with van der Waals surface area (Å²) in [5.41, 5.74) is 3.72. The Balaban J connectivity index is 2.15. The molecule has 20 heavy (non-hydrogen) atoms. The molecule has 0 spiro atoms. The lowest BCUT2D eigenvalue weighted by Gasteiger charge is -2.27. The zero-order valence-corrected chi connectivity index (χ0v) is 11.8. The Bertz CT molecular complexity index is 472. The van der Waals surface area contributed by atoms with E-state index in [2.05, 4.69) is 17.2 Å². The van der Waals surface area contributed by atoms with Gasteiger partial charge in [-0.05, 0) is 31.0 Å². The predicted octanol–water partition coefficient (Wildman–Crippen LogP) is 2.64. The Morgan fingerprint density at radius 2 is 2.15 bits per heavy atom. The van der Waals surface area contributed by atoms with Gasteiger partial charge in [-0.25, -0.2) is 0 Å². The minimum Gasteiger partial charge on any atom is -0.318 e. The lowest BCUT2D eigenvalue weighted by molar-refractivity contribution is -0.384. The van der Waals surface area contributed by atoms with Gasteiger partial charge in [0.05, 0.1) is 4.92 Å². The van der Waals surface area contributed by atoms with Crippen LogP contribution in [0.5, 0.6) is 0 Å². The number of hydrogen-bond donors (Lipinski definition) is 2. The summed E-state index contributed by atoms with van der Waals surface area (Å²) in [5.74, 6) is 5.30. The number of nitro benzene ring substituents is 1. The molecule has 1 aromatic rings. The van der Waals surface area contributed by atoms with E-state index in [-0.39, 0.29) is 5.69 Å². The molecule has 2 rings (SSSR count). The van der Waals surface area contributed by atoms with Crippen molar-refractivity contribution in [2.75, 3.05) is 12.0 Å². The number of rotatable bonds is 6. The molecule has 1 aromatic carbocycles. The highest BCUT2D eigenvalue weighted by Crippen LogP contribution is 2.28. The zero-order chi connectivity index (χ0) is 14.5. The fourth-order valence-corrected chi connectivity index (χ4v) is 2.95. The SMILES string of the molecule is CCN(Cc1ccc(NN)c([N+](=O)[O-])c1)C1CCCC1. The number of hydrazine groups is 1. The van der Waals surface area contributed by atoms with Crippen LogP contribution < -0.4 is 11.3 Å². The third-order valence-electron chi connectivity index (χ3n) is 4.05. The second kappa shape index (κ2) is 6.67. The number of nitrogens with zero attached hydrogens (tertiary/aromatic N) is 2. The molecule has 0 bridgehead atoms. The summed E-state index contributed by atoms with van der Waals surface area (Å²) in [6.45, 7) is 3.87. The zero-order valence-electron chi connectivity index (χ0n) is 11.8. The smallest absolute Gasteiger partial charge is 0.293 e. The van der Waals surface area contributed by atoms with E-state index in [1.807, 2.05) is 6.07 Å². The van der Waals surface area contributed by atoms with E-state index in [9.17, 15) is 10.1 Å². The van der Waals surface area contributed by atoms with Gasteiger partial charge in [0.15, 0.2) is 0 Å². The van der Waals surface area contributed by atoms with E-state index in [0.717, 1.165) is 18.7 Å². The van der Waals surface area contributed by atoms with Crippen molar-refractivity contribution in [3.63, 3.8) is 0 Å². The number of benzene rings is 1. The van der Waals surface area contributed by atoms with Crippen molar-refractivity contribution in [3.05, 3.63) is 33.9 Å². The highest BCUT2D eigenvalue weighted by Gasteiger charge is 2.22. The lowest BCUT2D eigenvalue weighted by Crippen LogP contribution is -2.32. The van der Waals surface area contributed by atoms with Crippen LogP contribution in [0.1, 0.15) is 38.2 Å². The first-order chi connectivity index (χ1) is 9.65. The normalized spacial score (nSPS) is 15.8. The second-order valence-electron chi connectivity index (χ2n) is 5.25. The molecule has 1 aliphatic carbocycles. The van der Waals surface area contributed by atoms with Crippen LogP contribution in [0.25, 0.3) is 0 Å². The summed E-state index contributed by atoms with van der Waals surface area (Å²) in [7, 11) is 0. The van der Waals surface area contributed by atoms with E-state index >= 15 is 0 Å². The van der Waals surface area contributed by atoms with Gasteiger partial charge in [-0.1, -0.05) is 25.8 Å². The maximum atomic E-state index is 11.0. The fraction of sp³-hybridized carbons (Fsp3) is 0.571. The van der Waals surface area contributed by atoms with Crippen LogP contribution in [0.15, 0.2) is 18.2 Å². The highest BCUT2D eigenvalue weighted by atomic mass is 16.6. The fourth-order valence-electron chi connectivity index (χ4n) is 2.95. The summed E-state index contributed by atoms with van der Waals surface area (Å²) in [4.78, 5) is 13.0. The van der Waals surface area contributed by atoms with Crippen molar-refractivity contribution in [1.82, 2.24) is 4.90 Å². The van der Waals surface area contributed by atoms with Crippen LogP contribution in [-0.2, 0) is 6.54 Å². The first-order valence-electron chi connectivity index (χ1n) is 7.13. The van der Waals surface area contributed by atoms with Gasteiger partial charge in [-0.2, -0.15) is 0 Å². The predicted molar refractivity (Wildman–Crippen MR) is 79.2 cm³/mol. The van der Waals surface area contributed by atoms with Crippen LogP contribution >= 0.6 is 0 Å². The highest BCUT2D eigenvalue weighted by molar-refractivity contribution is 5.61. The molecule has 110 valence electrons. The lowest BCUT2D eigenvalue weighted by atomic mass is 10.1. The van der Waals surface area contributed by atoms with Gasteiger partial charge in [-0.15, -0.1) is 0 Å². The molecule has 0 unspecified atom stereocenters. The second-order valence-corrected chi connectivity index (χ2v) is 5.25. The monoisotopic (exact) mass is 278 g/mol. The maximum absolute atomic E-state index is 11.0. The van der Waals surface area contributed by atoms with Crippen molar-refractivity contribution < 1.29 is 4.92 Å². The summed E-state index contributed by atoms with van der Waals surface area (Å²) >= 11 is 0. The third-order valence-corrected chi connectivity index (χ3v) is 4.05. The molecule has 0 saturated heterocycles. The average molecular weight is 278 g/mol. The van der Waals surface area contributed by atoms with Crippen LogP contribution in [0.2, 0.25) is 0 Å². The molecule has 6 heteroatoms. The summed E-state index contributed by atoms with van der Waals surface area (Å²) in [5, 5.41) is 11.0. The van der Waals surface area contributed by atoms with E-state index in [1.165, 1.54) is 25.7 Å². The van der Waals surface area contributed by atoms with Crippen molar-refractivity contribution in [2.24, 2.45) is 5.84 Å². The Kier molecular flexibility index (Phi) is 4.92. The molecular formula is C14H22N4O2. The largest absolute Gasteiger partial charge is 0.318 e. The quantitative estimate of drug-likeness (QED) is 0.475. The Labute approximate surface area is 119 Å². The number of nitrogen functional groups attached to an aromatic ring is 1. The van der Waals surface area contributed by atoms with Crippen molar-refractivity contribution in [2.45, 2.75) is 45.2 Å². The van der Waals surface area contributed by atoms with Crippen LogP contribution in [0, 0.1) is 10.1 Å². The number of anilines is 1. The number of nitrogens with one attached hydrogen (secondary N) is 1. The van der Waals surface area contributed by atoms with Gasteiger partial charge in [0, 0.05) is 18.7 Å². The maximum Gasteiger partial charge on any atom is 0.293 e. The molecule has 0 radical (unpaired) electrons. The van der Waals surface area contributed by atoms with Crippen molar-refractivity contribution in [3.8, 4) is 0 Å². The topological polar surface area (TPSA) is 84.4 Å². The van der Waals surface area contributed by atoms with E-state index in [1.54, 1.807) is 12.1 Å².